The van der Waals surface area contributed by atoms with Gasteiger partial charge in [-0.15, -0.1) is 0 Å². The highest BCUT2D eigenvalue weighted by Gasteiger charge is 2.30. The predicted molar refractivity (Wildman–Crippen MR) is 69.2 cm³/mol. The first-order valence-electron chi connectivity index (χ1n) is 5.36. The van der Waals surface area contributed by atoms with Crippen molar-refractivity contribution in [1.82, 2.24) is 0 Å². The van der Waals surface area contributed by atoms with Gasteiger partial charge in [-0.3, -0.25) is 0 Å². The maximum atomic E-state index is 13.7. The summed E-state index contributed by atoms with van der Waals surface area (Å²) in [6.07, 6.45) is 0. The number of rotatable bonds is 2. The Morgan fingerprint density at radius 1 is 1.06 bits per heavy atom. The van der Waals surface area contributed by atoms with Crippen LogP contribution < -0.4 is 0 Å². The highest BCUT2D eigenvalue weighted by molar-refractivity contribution is 9.10. The van der Waals surface area contributed by atoms with Gasteiger partial charge >= 0.3 is 0 Å². The standard InChI is InChI=1S/C14H11BrF2O/c1-14(18,10-4-2-3-5-12(10)15)11-8-9(16)6-7-13(11)17/h2-8,18H,1H3. The fraction of sp³-hybridized carbons (Fsp3) is 0.143. The van der Waals surface area contributed by atoms with E-state index in [2.05, 4.69) is 15.9 Å². The fourth-order valence-electron chi connectivity index (χ4n) is 1.87. The lowest BCUT2D eigenvalue weighted by Crippen LogP contribution is -2.25. The average Bonchev–Trinajstić information content (AvgIpc) is 2.32. The Morgan fingerprint density at radius 2 is 1.72 bits per heavy atom. The molecular formula is C14H11BrF2O. The van der Waals surface area contributed by atoms with Crippen molar-refractivity contribution in [2.45, 2.75) is 12.5 Å². The highest BCUT2D eigenvalue weighted by Crippen LogP contribution is 2.35. The first-order valence-corrected chi connectivity index (χ1v) is 6.15. The van der Waals surface area contributed by atoms with Gasteiger partial charge in [-0.05, 0) is 31.2 Å². The molecule has 2 aromatic rings. The van der Waals surface area contributed by atoms with Gasteiger partial charge in [0, 0.05) is 15.6 Å². The number of hydrogen-bond acceptors (Lipinski definition) is 1. The minimum absolute atomic E-state index is 0.0885. The molecule has 0 saturated carbocycles. The first kappa shape index (κ1) is 13.2. The summed E-state index contributed by atoms with van der Waals surface area (Å²) in [5.41, 5.74) is -1.21. The summed E-state index contributed by atoms with van der Waals surface area (Å²) in [6, 6.07) is 9.95. The second kappa shape index (κ2) is 4.78. The molecule has 0 aliphatic heterocycles. The number of hydrogen-bond donors (Lipinski definition) is 1. The SMILES string of the molecule is CC(O)(c1cc(F)ccc1F)c1ccccc1Br. The largest absolute Gasteiger partial charge is 0.381 e. The minimum atomic E-state index is -1.60. The van der Waals surface area contributed by atoms with Crippen molar-refractivity contribution in [2.24, 2.45) is 0 Å². The lowest BCUT2D eigenvalue weighted by atomic mass is 9.88. The van der Waals surface area contributed by atoms with E-state index in [0.29, 0.717) is 10.0 Å². The van der Waals surface area contributed by atoms with Crippen molar-refractivity contribution in [3.63, 3.8) is 0 Å². The topological polar surface area (TPSA) is 20.2 Å². The van der Waals surface area contributed by atoms with E-state index in [1.807, 2.05) is 0 Å². The fourth-order valence-corrected chi connectivity index (χ4v) is 2.54. The van der Waals surface area contributed by atoms with Crippen LogP contribution in [0.5, 0.6) is 0 Å². The normalized spacial score (nSPS) is 14.3. The molecule has 1 nitrogen and oxygen atoms in total. The Kier molecular flexibility index (Phi) is 3.50. The third kappa shape index (κ3) is 2.31. The van der Waals surface area contributed by atoms with Gasteiger partial charge in [0.1, 0.15) is 17.2 Å². The molecular weight excluding hydrogens is 302 g/mol. The molecule has 0 radical (unpaired) electrons. The lowest BCUT2D eigenvalue weighted by Gasteiger charge is -2.26. The summed E-state index contributed by atoms with van der Waals surface area (Å²) >= 11 is 3.30. The Morgan fingerprint density at radius 3 is 2.39 bits per heavy atom. The van der Waals surface area contributed by atoms with E-state index < -0.39 is 17.2 Å². The third-order valence-corrected chi connectivity index (χ3v) is 3.54. The van der Waals surface area contributed by atoms with Crippen LogP contribution >= 0.6 is 15.9 Å². The van der Waals surface area contributed by atoms with Crippen LogP contribution in [0.25, 0.3) is 0 Å². The van der Waals surface area contributed by atoms with Crippen molar-refractivity contribution in [2.75, 3.05) is 0 Å². The molecule has 1 N–H and O–H groups in total. The molecule has 0 fully saturated rings. The van der Waals surface area contributed by atoms with Crippen LogP contribution in [0.15, 0.2) is 46.9 Å². The van der Waals surface area contributed by atoms with Crippen molar-refractivity contribution >= 4 is 15.9 Å². The number of aliphatic hydroxyl groups is 1. The van der Waals surface area contributed by atoms with Crippen LogP contribution in [0.1, 0.15) is 18.1 Å². The van der Waals surface area contributed by atoms with Crippen LogP contribution in [-0.4, -0.2) is 5.11 Å². The first-order chi connectivity index (χ1) is 8.43. The Hall–Kier alpha value is -1.26. The molecule has 94 valence electrons. The van der Waals surface area contributed by atoms with Gasteiger partial charge in [0.2, 0.25) is 0 Å². The van der Waals surface area contributed by atoms with Gasteiger partial charge in [-0.25, -0.2) is 8.78 Å². The molecule has 0 heterocycles. The Balaban J connectivity index is 2.61. The zero-order valence-electron chi connectivity index (χ0n) is 9.62. The Labute approximate surface area is 112 Å². The summed E-state index contributed by atoms with van der Waals surface area (Å²) in [4.78, 5) is 0. The quantitative estimate of drug-likeness (QED) is 0.889. The second-order valence-corrected chi connectivity index (χ2v) is 5.03. The van der Waals surface area contributed by atoms with E-state index in [0.717, 1.165) is 18.2 Å². The molecule has 0 aromatic heterocycles. The van der Waals surface area contributed by atoms with E-state index in [-0.39, 0.29) is 5.56 Å². The van der Waals surface area contributed by atoms with Gasteiger partial charge in [0.05, 0.1) is 0 Å². The molecule has 0 spiro atoms. The van der Waals surface area contributed by atoms with Crippen LogP contribution in [0, 0.1) is 11.6 Å². The van der Waals surface area contributed by atoms with Crippen LogP contribution in [0.2, 0.25) is 0 Å². The molecule has 18 heavy (non-hydrogen) atoms. The number of halogens is 3. The summed E-state index contributed by atoms with van der Waals surface area (Å²) in [6.45, 7) is 1.44. The maximum absolute atomic E-state index is 13.7. The van der Waals surface area contributed by atoms with Gasteiger partial charge in [0.25, 0.3) is 0 Å². The summed E-state index contributed by atoms with van der Waals surface area (Å²) in [5, 5.41) is 10.5. The van der Waals surface area contributed by atoms with Crippen molar-refractivity contribution in [1.29, 1.82) is 0 Å². The molecule has 2 aromatic carbocycles. The van der Waals surface area contributed by atoms with E-state index in [1.165, 1.54) is 6.92 Å². The zero-order valence-corrected chi connectivity index (χ0v) is 11.2. The minimum Gasteiger partial charge on any atom is -0.381 e. The molecule has 0 aliphatic rings. The van der Waals surface area contributed by atoms with Crippen molar-refractivity contribution in [3.8, 4) is 0 Å². The average molecular weight is 313 g/mol. The molecule has 1 unspecified atom stereocenters. The molecule has 2 rings (SSSR count). The molecule has 0 saturated heterocycles. The molecule has 0 amide bonds. The molecule has 0 aliphatic carbocycles. The van der Waals surface area contributed by atoms with Gasteiger partial charge in [-0.2, -0.15) is 0 Å². The zero-order chi connectivity index (χ0) is 13.3. The van der Waals surface area contributed by atoms with Gasteiger partial charge < -0.3 is 5.11 Å². The van der Waals surface area contributed by atoms with E-state index in [1.54, 1.807) is 24.3 Å². The Bertz CT molecular complexity index is 582. The highest BCUT2D eigenvalue weighted by atomic mass is 79.9. The van der Waals surface area contributed by atoms with Crippen molar-refractivity contribution in [3.05, 3.63) is 69.7 Å². The molecule has 1 atom stereocenters. The maximum Gasteiger partial charge on any atom is 0.129 e. The summed E-state index contributed by atoms with van der Waals surface area (Å²) in [5.74, 6) is -1.23. The van der Waals surface area contributed by atoms with E-state index >= 15 is 0 Å². The summed E-state index contributed by atoms with van der Waals surface area (Å²) < 4.78 is 27.6. The number of benzene rings is 2. The molecule has 4 heteroatoms. The summed E-state index contributed by atoms with van der Waals surface area (Å²) in [7, 11) is 0. The smallest absolute Gasteiger partial charge is 0.129 e. The monoisotopic (exact) mass is 312 g/mol. The second-order valence-electron chi connectivity index (χ2n) is 4.18. The lowest BCUT2D eigenvalue weighted by molar-refractivity contribution is 0.0967. The third-order valence-electron chi connectivity index (χ3n) is 2.85. The van der Waals surface area contributed by atoms with E-state index in [4.69, 9.17) is 0 Å². The molecule has 0 bridgehead atoms. The van der Waals surface area contributed by atoms with Gasteiger partial charge in [0.15, 0.2) is 0 Å². The van der Waals surface area contributed by atoms with Crippen LogP contribution in [-0.2, 0) is 5.60 Å². The van der Waals surface area contributed by atoms with Crippen molar-refractivity contribution < 1.29 is 13.9 Å². The van der Waals surface area contributed by atoms with E-state index in [9.17, 15) is 13.9 Å². The van der Waals surface area contributed by atoms with Crippen LogP contribution in [0.4, 0.5) is 8.78 Å². The predicted octanol–water partition coefficient (Wildman–Crippen LogP) is 3.98. The van der Waals surface area contributed by atoms with Crippen LogP contribution in [0.3, 0.4) is 0 Å². The van der Waals surface area contributed by atoms with Gasteiger partial charge in [-0.1, -0.05) is 34.1 Å².